The number of cyclic esters (lactones) is 1. The maximum Gasteiger partial charge on any atom is 0.414 e. The van der Waals surface area contributed by atoms with E-state index in [1.807, 2.05) is 6.92 Å². The maximum atomic E-state index is 13.6. The van der Waals surface area contributed by atoms with Crippen LogP contribution in [0.2, 0.25) is 0 Å². The molecule has 2 aromatic rings. The Balaban J connectivity index is 1.56. The molecule has 0 bridgehead atoms. The number of nitrogens with one attached hydrogen (secondary N) is 1. The van der Waals surface area contributed by atoms with Crippen LogP contribution in [-0.4, -0.2) is 36.7 Å². The minimum Gasteiger partial charge on any atom is -0.447 e. The molecule has 0 aromatic heterocycles. The van der Waals surface area contributed by atoms with Crippen LogP contribution in [0.3, 0.4) is 0 Å². The second-order valence-electron chi connectivity index (χ2n) is 6.68. The summed E-state index contributed by atoms with van der Waals surface area (Å²) < 4.78 is 18.6. The summed E-state index contributed by atoms with van der Waals surface area (Å²) in [6.45, 7) is 3.20. The summed E-state index contributed by atoms with van der Waals surface area (Å²) in [5.74, 6) is -0.305. The molecule has 7 heteroatoms. The highest BCUT2D eigenvalue weighted by Gasteiger charge is 2.30. The number of nitrogens with zero attached hydrogens (tertiary/aromatic N) is 2. The number of amides is 3. The number of benzene rings is 2. The van der Waals surface area contributed by atoms with Crippen LogP contribution in [0.1, 0.15) is 24.1 Å². The summed E-state index contributed by atoms with van der Waals surface area (Å²) in [5.41, 5.74) is 3.03. The fourth-order valence-electron chi connectivity index (χ4n) is 3.68. The number of hydrogen-bond acceptors (Lipinski definition) is 3. The normalized spacial score (nSPS) is 18.9. The summed E-state index contributed by atoms with van der Waals surface area (Å²) in [4.78, 5) is 28.0. The molecule has 1 atom stereocenters. The van der Waals surface area contributed by atoms with Gasteiger partial charge in [-0.3, -0.25) is 4.90 Å². The van der Waals surface area contributed by atoms with Gasteiger partial charge < -0.3 is 15.0 Å². The fourth-order valence-corrected chi connectivity index (χ4v) is 3.68. The Bertz CT molecular complexity index is 902. The Labute approximate surface area is 156 Å². The molecule has 2 aliphatic rings. The summed E-state index contributed by atoms with van der Waals surface area (Å²) in [6, 6.07) is 11.3. The van der Waals surface area contributed by atoms with E-state index in [1.165, 1.54) is 17.0 Å². The second kappa shape index (κ2) is 6.90. The van der Waals surface area contributed by atoms with Gasteiger partial charge in [-0.2, -0.15) is 0 Å². The molecule has 140 valence electrons. The highest BCUT2D eigenvalue weighted by atomic mass is 19.1. The third-order valence-corrected chi connectivity index (χ3v) is 5.11. The van der Waals surface area contributed by atoms with Crippen molar-refractivity contribution < 1.29 is 18.7 Å². The van der Waals surface area contributed by atoms with Crippen LogP contribution in [0.5, 0.6) is 0 Å². The van der Waals surface area contributed by atoms with Gasteiger partial charge in [-0.05, 0) is 48.7 Å². The molecular weight excluding hydrogens is 349 g/mol. The standard InChI is InChI=1S/C20H20FN3O3/c1-13-16-12-15(21)7-6-14(16)8-9-23(13)19(25)22-17-4-2-3-5-18(17)24-10-11-27-20(24)26/h2-7,12-13H,8-11H2,1H3,(H,22,25)/t13-/m1/s1. The van der Waals surface area contributed by atoms with E-state index >= 15 is 0 Å². The molecule has 6 nitrogen and oxygen atoms in total. The van der Waals surface area contributed by atoms with E-state index in [0.717, 1.165) is 11.1 Å². The van der Waals surface area contributed by atoms with E-state index in [0.29, 0.717) is 37.5 Å². The van der Waals surface area contributed by atoms with E-state index in [-0.39, 0.29) is 17.9 Å². The molecule has 2 aliphatic heterocycles. The van der Waals surface area contributed by atoms with E-state index < -0.39 is 6.09 Å². The molecular formula is C20H20FN3O3. The van der Waals surface area contributed by atoms with E-state index in [1.54, 1.807) is 35.2 Å². The van der Waals surface area contributed by atoms with Crippen molar-refractivity contribution in [2.45, 2.75) is 19.4 Å². The van der Waals surface area contributed by atoms with Crippen molar-refractivity contribution in [2.24, 2.45) is 0 Å². The van der Waals surface area contributed by atoms with Crippen LogP contribution in [0.25, 0.3) is 0 Å². The Kier molecular flexibility index (Phi) is 4.43. The largest absolute Gasteiger partial charge is 0.447 e. The topological polar surface area (TPSA) is 61.9 Å². The highest BCUT2D eigenvalue weighted by molar-refractivity contribution is 5.99. The SMILES string of the molecule is C[C@@H]1c2cc(F)ccc2CCN1C(=O)Nc1ccccc1N1CCOC1=O. The average Bonchev–Trinajstić information content (AvgIpc) is 3.08. The Hall–Kier alpha value is -3.09. The number of para-hydroxylation sites is 2. The minimum atomic E-state index is -0.424. The van der Waals surface area contributed by atoms with Gasteiger partial charge in [-0.25, -0.2) is 14.0 Å². The lowest BCUT2D eigenvalue weighted by atomic mass is 9.94. The quantitative estimate of drug-likeness (QED) is 0.872. The van der Waals surface area contributed by atoms with Crippen molar-refractivity contribution in [1.29, 1.82) is 0 Å². The van der Waals surface area contributed by atoms with Crippen LogP contribution in [-0.2, 0) is 11.2 Å². The predicted molar refractivity (Wildman–Crippen MR) is 99.4 cm³/mol. The van der Waals surface area contributed by atoms with Crippen LogP contribution < -0.4 is 10.2 Å². The van der Waals surface area contributed by atoms with Crippen LogP contribution in [0, 0.1) is 5.82 Å². The molecule has 0 spiro atoms. The zero-order chi connectivity index (χ0) is 19.0. The fraction of sp³-hybridized carbons (Fsp3) is 0.300. The number of carbonyl (C=O) groups is 2. The molecule has 1 N–H and O–H groups in total. The van der Waals surface area contributed by atoms with Gasteiger partial charge in [0.25, 0.3) is 0 Å². The number of ether oxygens (including phenoxy) is 1. The lowest BCUT2D eigenvalue weighted by Gasteiger charge is -2.35. The van der Waals surface area contributed by atoms with E-state index in [4.69, 9.17) is 4.74 Å². The van der Waals surface area contributed by atoms with Gasteiger partial charge >= 0.3 is 12.1 Å². The first-order valence-electron chi connectivity index (χ1n) is 8.94. The summed E-state index contributed by atoms with van der Waals surface area (Å²) in [6.07, 6.45) is 0.250. The smallest absolute Gasteiger partial charge is 0.414 e. The lowest BCUT2D eigenvalue weighted by Crippen LogP contribution is -2.41. The summed E-state index contributed by atoms with van der Waals surface area (Å²) >= 11 is 0. The van der Waals surface area contributed by atoms with Crippen LogP contribution >= 0.6 is 0 Å². The second-order valence-corrected chi connectivity index (χ2v) is 6.68. The maximum absolute atomic E-state index is 13.6. The number of halogens is 1. The summed E-state index contributed by atoms with van der Waals surface area (Å²) in [5, 5.41) is 2.90. The third-order valence-electron chi connectivity index (χ3n) is 5.11. The molecule has 1 fully saturated rings. The first kappa shape index (κ1) is 17.3. The zero-order valence-electron chi connectivity index (χ0n) is 14.9. The van der Waals surface area contributed by atoms with Crippen LogP contribution in [0.15, 0.2) is 42.5 Å². The van der Waals surface area contributed by atoms with E-state index in [9.17, 15) is 14.0 Å². The predicted octanol–water partition coefficient (Wildman–Crippen LogP) is 3.93. The molecule has 4 rings (SSSR count). The van der Waals surface area contributed by atoms with Gasteiger partial charge in [0.1, 0.15) is 12.4 Å². The average molecular weight is 369 g/mol. The first-order chi connectivity index (χ1) is 13.0. The molecule has 0 aliphatic carbocycles. The number of anilines is 2. The number of rotatable bonds is 2. The van der Waals surface area contributed by atoms with Crippen molar-refractivity contribution in [3.05, 3.63) is 59.4 Å². The van der Waals surface area contributed by atoms with Crippen LogP contribution in [0.4, 0.5) is 25.4 Å². The lowest BCUT2D eigenvalue weighted by molar-refractivity contribution is 0.181. The zero-order valence-corrected chi connectivity index (χ0v) is 14.9. The van der Waals surface area contributed by atoms with Gasteiger partial charge in [-0.1, -0.05) is 18.2 Å². The molecule has 0 radical (unpaired) electrons. The molecule has 3 amide bonds. The van der Waals surface area contributed by atoms with Gasteiger partial charge in [0, 0.05) is 6.54 Å². The van der Waals surface area contributed by atoms with E-state index in [2.05, 4.69) is 5.32 Å². The summed E-state index contributed by atoms with van der Waals surface area (Å²) in [7, 11) is 0. The number of hydrogen-bond donors (Lipinski definition) is 1. The van der Waals surface area contributed by atoms with Crippen molar-refractivity contribution in [3.8, 4) is 0 Å². The van der Waals surface area contributed by atoms with Crippen molar-refractivity contribution in [2.75, 3.05) is 29.9 Å². The third kappa shape index (κ3) is 3.20. The molecule has 2 aromatic carbocycles. The molecule has 27 heavy (non-hydrogen) atoms. The van der Waals surface area contributed by atoms with Gasteiger partial charge in [0.2, 0.25) is 0 Å². The number of fused-ring (bicyclic) bond motifs is 1. The monoisotopic (exact) mass is 369 g/mol. The molecule has 1 saturated heterocycles. The van der Waals surface area contributed by atoms with Gasteiger partial charge in [-0.15, -0.1) is 0 Å². The van der Waals surface area contributed by atoms with Crippen molar-refractivity contribution in [1.82, 2.24) is 4.90 Å². The molecule has 2 heterocycles. The Morgan fingerprint density at radius 2 is 2.04 bits per heavy atom. The molecule has 0 saturated carbocycles. The molecule has 0 unspecified atom stereocenters. The Morgan fingerprint density at radius 1 is 1.22 bits per heavy atom. The first-order valence-corrected chi connectivity index (χ1v) is 8.94. The number of carbonyl (C=O) groups excluding carboxylic acids is 2. The number of urea groups is 1. The highest BCUT2D eigenvalue weighted by Crippen LogP contribution is 2.32. The van der Waals surface area contributed by atoms with Gasteiger partial charge in [0.05, 0.1) is 24.0 Å². The van der Waals surface area contributed by atoms with Crippen molar-refractivity contribution >= 4 is 23.5 Å². The van der Waals surface area contributed by atoms with Crippen molar-refractivity contribution in [3.63, 3.8) is 0 Å². The Morgan fingerprint density at radius 3 is 2.81 bits per heavy atom. The minimum absolute atomic E-state index is 0.242. The van der Waals surface area contributed by atoms with Gasteiger partial charge in [0.15, 0.2) is 0 Å².